The van der Waals surface area contributed by atoms with Crippen LogP contribution in [0, 0.1) is 23.0 Å². The summed E-state index contributed by atoms with van der Waals surface area (Å²) in [6.45, 7) is 4.03. The van der Waals surface area contributed by atoms with Crippen molar-refractivity contribution in [2.75, 3.05) is 0 Å². The summed E-state index contributed by atoms with van der Waals surface area (Å²) in [7, 11) is 0. The Morgan fingerprint density at radius 3 is 2.61 bits per heavy atom. The minimum atomic E-state index is -0.412. The quantitative estimate of drug-likeness (QED) is 0.207. The third kappa shape index (κ3) is 4.86. The molecule has 3 aromatic rings. The number of hydrogen-bond acceptors (Lipinski definition) is 6. The van der Waals surface area contributed by atoms with Crippen LogP contribution in [0.1, 0.15) is 43.9 Å². The molecule has 2 aliphatic rings. The van der Waals surface area contributed by atoms with Gasteiger partial charge in [0.25, 0.3) is 11.6 Å². The smallest absolute Gasteiger partial charge is 0.269 e. The summed E-state index contributed by atoms with van der Waals surface area (Å²) < 4.78 is 6.05. The van der Waals surface area contributed by atoms with Gasteiger partial charge < -0.3 is 4.42 Å². The van der Waals surface area contributed by atoms with Crippen LogP contribution in [0.2, 0.25) is 0 Å². The third-order valence-electron chi connectivity index (χ3n) is 6.80. The van der Waals surface area contributed by atoms with Crippen LogP contribution in [0.3, 0.4) is 0 Å². The molecule has 1 saturated heterocycles. The van der Waals surface area contributed by atoms with Gasteiger partial charge in [-0.15, -0.1) is 0 Å². The molecular weight excluding hydrogens is 474 g/mol. The molecule has 5 rings (SSSR count). The summed E-state index contributed by atoms with van der Waals surface area (Å²) in [5.41, 5.74) is 2.38. The average molecular weight is 502 g/mol. The van der Waals surface area contributed by atoms with Crippen molar-refractivity contribution in [2.45, 2.75) is 45.6 Å². The van der Waals surface area contributed by atoms with E-state index in [1.807, 2.05) is 54.3 Å². The lowest BCUT2D eigenvalue weighted by Gasteiger charge is -2.35. The van der Waals surface area contributed by atoms with Crippen LogP contribution >= 0.6 is 11.8 Å². The van der Waals surface area contributed by atoms with Crippen molar-refractivity contribution in [3.05, 3.63) is 87.0 Å². The van der Waals surface area contributed by atoms with E-state index in [4.69, 9.17) is 9.41 Å². The van der Waals surface area contributed by atoms with E-state index in [-0.39, 0.29) is 17.6 Å². The Morgan fingerprint density at radius 2 is 1.89 bits per heavy atom. The number of amides is 1. The summed E-state index contributed by atoms with van der Waals surface area (Å²) in [5, 5.41) is 11.8. The molecular formula is C28H27N3O4S. The second-order valence-corrected chi connectivity index (χ2v) is 10.3. The van der Waals surface area contributed by atoms with Crippen LogP contribution in [0.4, 0.5) is 11.4 Å². The van der Waals surface area contributed by atoms with E-state index in [0.717, 1.165) is 36.1 Å². The van der Waals surface area contributed by atoms with Gasteiger partial charge in [0.15, 0.2) is 5.17 Å². The SMILES string of the molecule is Cc1cc([N+](=O)[O-])ccc1-c1ccc(/C=C2\SC(=Nc3ccccc3)N([C@@H]3CCCC[C@H]3C)C2=O)o1. The molecule has 1 aliphatic carbocycles. The van der Waals surface area contributed by atoms with Crippen LogP contribution in [-0.4, -0.2) is 26.9 Å². The molecule has 2 heterocycles. The summed E-state index contributed by atoms with van der Waals surface area (Å²) in [6, 6.07) is 18.2. The van der Waals surface area contributed by atoms with Gasteiger partial charge in [0.2, 0.25) is 0 Å². The number of non-ortho nitro benzene ring substituents is 1. The highest BCUT2D eigenvalue weighted by atomic mass is 32.2. The maximum absolute atomic E-state index is 13.6. The number of thioether (sulfide) groups is 1. The molecule has 1 aliphatic heterocycles. The number of amidine groups is 1. The van der Waals surface area contributed by atoms with Crippen LogP contribution in [0.25, 0.3) is 17.4 Å². The number of carbonyl (C=O) groups is 1. The average Bonchev–Trinajstić information content (AvgIpc) is 3.44. The van der Waals surface area contributed by atoms with Gasteiger partial charge in [0.05, 0.1) is 15.5 Å². The molecule has 0 N–H and O–H groups in total. The third-order valence-corrected chi connectivity index (χ3v) is 7.79. The van der Waals surface area contributed by atoms with Gasteiger partial charge in [0, 0.05) is 29.8 Å². The largest absolute Gasteiger partial charge is 0.457 e. The lowest BCUT2D eigenvalue weighted by Crippen LogP contribution is -2.44. The Balaban J connectivity index is 1.46. The molecule has 7 nitrogen and oxygen atoms in total. The highest BCUT2D eigenvalue weighted by molar-refractivity contribution is 8.18. The van der Waals surface area contributed by atoms with E-state index in [1.54, 1.807) is 12.1 Å². The molecule has 2 aromatic carbocycles. The lowest BCUT2D eigenvalue weighted by atomic mass is 9.85. The molecule has 0 radical (unpaired) electrons. The fourth-order valence-electron chi connectivity index (χ4n) is 4.89. The molecule has 2 fully saturated rings. The summed E-state index contributed by atoms with van der Waals surface area (Å²) in [4.78, 5) is 31.6. The first-order valence-corrected chi connectivity index (χ1v) is 12.9. The van der Waals surface area contributed by atoms with Crippen LogP contribution in [0.15, 0.2) is 75.0 Å². The first-order valence-electron chi connectivity index (χ1n) is 12.1. The van der Waals surface area contributed by atoms with E-state index in [0.29, 0.717) is 27.5 Å². The minimum Gasteiger partial charge on any atom is -0.457 e. The first-order chi connectivity index (χ1) is 17.4. The highest BCUT2D eigenvalue weighted by Crippen LogP contribution is 2.40. The van der Waals surface area contributed by atoms with Crippen LogP contribution in [0.5, 0.6) is 0 Å². The molecule has 1 amide bonds. The second kappa shape index (κ2) is 10.1. The Bertz CT molecular complexity index is 1360. The predicted octanol–water partition coefficient (Wildman–Crippen LogP) is 7.35. The molecule has 1 saturated carbocycles. The van der Waals surface area contributed by atoms with E-state index < -0.39 is 4.92 Å². The van der Waals surface area contributed by atoms with Gasteiger partial charge in [-0.2, -0.15) is 0 Å². The van der Waals surface area contributed by atoms with Crippen molar-refractivity contribution in [1.29, 1.82) is 0 Å². The van der Waals surface area contributed by atoms with Gasteiger partial charge in [-0.25, -0.2) is 4.99 Å². The first kappa shape index (κ1) is 24.1. The monoisotopic (exact) mass is 501 g/mol. The Hall–Kier alpha value is -3.65. The zero-order chi connectivity index (χ0) is 25.2. The Kier molecular flexibility index (Phi) is 6.78. The molecule has 1 aromatic heterocycles. The normalized spacial score (nSPS) is 22.5. The van der Waals surface area contributed by atoms with Gasteiger partial charge in [-0.05, 0) is 73.3 Å². The highest BCUT2D eigenvalue weighted by Gasteiger charge is 2.41. The Labute approximate surface area is 214 Å². The number of carbonyl (C=O) groups excluding carboxylic acids is 1. The standard InChI is InChI=1S/C28H27N3O4S/c1-18-8-6-7-11-24(18)30-27(32)26(36-28(30)29-20-9-4-3-5-10-20)17-22-13-15-25(35-22)23-14-12-21(31(33)34)16-19(23)2/h3-5,9-10,12-18,24H,6-8,11H2,1-2H3/b26-17-,29-28?/t18-,24-/m1/s1. The fourth-order valence-corrected chi connectivity index (χ4v) is 5.92. The van der Waals surface area contributed by atoms with Crippen molar-refractivity contribution in [2.24, 2.45) is 10.9 Å². The van der Waals surface area contributed by atoms with Crippen LogP contribution in [-0.2, 0) is 4.79 Å². The number of nitro benzene ring substituents is 1. The number of benzene rings is 2. The predicted molar refractivity (Wildman–Crippen MR) is 143 cm³/mol. The fraction of sp³-hybridized carbons (Fsp3) is 0.286. The second-order valence-electron chi connectivity index (χ2n) is 9.30. The van der Waals surface area contributed by atoms with E-state index in [1.165, 1.54) is 30.3 Å². The maximum Gasteiger partial charge on any atom is 0.269 e. The number of aryl methyl sites for hydroxylation is 1. The van der Waals surface area contributed by atoms with E-state index in [2.05, 4.69) is 6.92 Å². The minimum absolute atomic E-state index is 0.0420. The number of hydrogen-bond donors (Lipinski definition) is 0. The number of nitro groups is 1. The van der Waals surface area contributed by atoms with Crippen molar-refractivity contribution in [3.63, 3.8) is 0 Å². The Morgan fingerprint density at radius 1 is 1.11 bits per heavy atom. The van der Waals surface area contributed by atoms with Gasteiger partial charge in [0.1, 0.15) is 11.5 Å². The van der Waals surface area contributed by atoms with Gasteiger partial charge >= 0.3 is 0 Å². The molecule has 2 atom stereocenters. The van der Waals surface area contributed by atoms with Crippen molar-refractivity contribution in [3.8, 4) is 11.3 Å². The summed E-state index contributed by atoms with van der Waals surface area (Å²) >= 11 is 1.38. The maximum atomic E-state index is 13.6. The molecule has 0 spiro atoms. The van der Waals surface area contributed by atoms with Gasteiger partial charge in [-0.3, -0.25) is 19.8 Å². The van der Waals surface area contributed by atoms with E-state index >= 15 is 0 Å². The number of rotatable bonds is 5. The van der Waals surface area contributed by atoms with Gasteiger partial charge in [-0.1, -0.05) is 38.0 Å². The number of para-hydroxylation sites is 1. The molecule has 8 heteroatoms. The van der Waals surface area contributed by atoms with Crippen molar-refractivity contribution in [1.82, 2.24) is 4.90 Å². The molecule has 36 heavy (non-hydrogen) atoms. The topological polar surface area (TPSA) is 89.0 Å². The zero-order valence-electron chi connectivity index (χ0n) is 20.2. The van der Waals surface area contributed by atoms with Crippen LogP contribution < -0.4 is 0 Å². The van der Waals surface area contributed by atoms with Crippen molar-refractivity contribution < 1.29 is 14.1 Å². The van der Waals surface area contributed by atoms with Crippen molar-refractivity contribution >= 4 is 40.3 Å². The molecule has 0 bridgehead atoms. The molecule has 0 unspecified atom stereocenters. The number of nitrogens with zero attached hydrogens (tertiary/aromatic N) is 3. The van der Waals surface area contributed by atoms with E-state index in [9.17, 15) is 14.9 Å². The lowest BCUT2D eigenvalue weighted by molar-refractivity contribution is -0.384. The summed E-state index contributed by atoms with van der Waals surface area (Å²) in [6.07, 6.45) is 6.15. The zero-order valence-corrected chi connectivity index (χ0v) is 21.0. The number of aliphatic imine (C=N–C) groups is 1. The summed E-state index contributed by atoms with van der Waals surface area (Å²) in [5.74, 6) is 1.51. The number of furan rings is 1. The molecule has 184 valence electrons.